The first-order valence-corrected chi connectivity index (χ1v) is 8.76. The predicted molar refractivity (Wildman–Crippen MR) is 85.5 cm³/mol. The lowest BCUT2D eigenvalue weighted by molar-refractivity contribution is -0.147. The van der Waals surface area contributed by atoms with Crippen LogP contribution in [0.25, 0.3) is 0 Å². The van der Waals surface area contributed by atoms with Crippen LogP contribution in [0.5, 0.6) is 0 Å². The van der Waals surface area contributed by atoms with Crippen LogP contribution in [0, 0.1) is 0 Å². The van der Waals surface area contributed by atoms with Crippen molar-refractivity contribution in [2.75, 3.05) is 6.54 Å². The number of halogens is 3. The Morgan fingerprint density at radius 3 is 2.75 bits per heavy atom. The maximum absolute atomic E-state index is 12.7. The van der Waals surface area contributed by atoms with Crippen LogP contribution in [0.3, 0.4) is 0 Å². The molecule has 0 saturated heterocycles. The summed E-state index contributed by atoms with van der Waals surface area (Å²) in [5, 5.41) is 9.02. The molecule has 0 bridgehead atoms. The zero-order valence-electron chi connectivity index (χ0n) is 13.7. The van der Waals surface area contributed by atoms with Crippen molar-refractivity contribution in [2.45, 2.75) is 55.6 Å². The van der Waals surface area contributed by atoms with Gasteiger partial charge in [-0.1, -0.05) is 23.4 Å². The van der Waals surface area contributed by atoms with Gasteiger partial charge in [0.25, 0.3) is 0 Å². The number of carbonyl (C=O) groups is 1. The van der Waals surface area contributed by atoms with E-state index in [-0.39, 0.29) is 11.1 Å². The van der Waals surface area contributed by atoms with Crippen molar-refractivity contribution < 1.29 is 18.0 Å². The molecular formula is C15H21F3N4OS. The SMILES string of the molecule is CC(Sc1nnc(C(F)(F)F)n1C)C(=O)NCCC1=CCCCC1. The topological polar surface area (TPSA) is 59.8 Å². The average Bonchev–Trinajstić information content (AvgIpc) is 2.89. The molecule has 1 aliphatic carbocycles. The fraction of sp³-hybridized carbons (Fsp3) is 0.667. The molecule has 24 heavy (non-hydrogen) atoms. The lowest BCUT2D eigenvalue weighted by Gasteiger charge is -2.15. The van der Waals surface area contributed by atoms with Gasteiger partial charge >= 0.3 is 6.18 Å². The second kappa shape index (κ2) is 8.04. The first kappa shape index (κ1) is 18.8. The Bertz CT molecular complexity index is 612. The van der Waals surface area contributed by atoms with Gasteiger partial charge in [-0.15, -0.1) is 10.2 Å². The minimum atomic E-state index is -4.56. The van der Waals surface area contributed by atoms with Gasteiger partial charge in [-0.2, -0.15) is 13.2 Å². The molecule has 9 heteroatoms. The van der Waals surface area contributed by atoms with E-state index in [1.54, 1.807) is 6.92 Å². The fourth-order valence-corrected chi connectivity index (χ4v) is 3.34. The molecule has 1 atom stereocenters. The van der Waals surface area contributed by atoms with Crippen LogP contribution >= 0.6 is 11.8 Å². The van der Waals surface area contributed by atoms with Crippen molar-refractivity contribution in [1.29, 1.82) is 0 Å². The number of thioether (sulfide) groups is 1. The van der Waals surface area contributed by atoms with Crippen molar-refractivity contribution in [3.05, 3.63) is 17.5 Å². The van der Waals surface area contributed by atoms with Crippen molar-refractivity contribution in [3.8, 4) is 0 Å². The third kappa shape index (κ3) is 4.99. The molecule has 0 radical (unpaired) electrons. The minimum Gasteiger partial charge on any atom is -0.355 e. The van der Waals surface area contributed by atoms with Crippen molar-refractivity contribution in [2.24, 2.45) is 7.05 Å². The van der Waals surface area contributed by atoms with E-state index < -0.39 is 17.3 Å². The molecule has 2 rings (SSSR count). The molecule has 134 valence electrons. The molecule has 0 saturated carbocycles. The molecular weight excluding hydrogens is 341 g/mol. The zero-order chi connectivity index (χ0) is 17.7. The molecule has 1 aromatic rings. The third-order valence-electron chi connectivity index (χ3n) is 3.87. The molecule has 1 heterocycles. The van der Waals surface area contributed by atoms with Gasteiger partial charge in [0, 0.05) is 13.6 Å². The quantitative estimate of drug-likeness (QED) is 0.623. The summed E-state index contributed by atoms with van der Waals surface area (Å²) < 4.78 is 38.9. The van der Waals surface area contributed by atoms with Gasteiger partial charge in [-0.3, -0.25) is 4.79 Å². The number of rotatable bonds is 6. The van der Waals surface area contributed by atoms with Crippen LogP contribution in [0.2, 0.25) is 0 Å². The number of amides is 1. The monoisotopic (exact) mass is 362 g/mol. The minimum absolute atomic E-state index is 0.0694. The summed E-state index contributed by atoms with van der Waals surface area (Å²) in [6.45, 7) is 2.18. The second-order valence-electron chi connectivity index (χ2n) is 5.77. The van der Waals surface area contributed by atoms with Crippen molar-refractivity contribution in [3.63, 3.8) is 0 Å². The van der Waals surface area contributed by atoms with Gasteiger partial charge in [0.2, 0.25) is 11.7 Å². The van der Waals surface area contributed by atoms with Gasteiger partial charge in [0.15, 0.2) is 5.16 Å². The lowest BCUT2D eigenvalue weighted by Crippen LogP contribution is -2.32. The van der Waals surface area contributed by atoms with Gasteiger partial charge in [-0.05, 0) is 39.0 Å². The zero-order valence-corrected chi connectivity index (χ0v) is 14.5. The molecule has 0 fully saturated rings. The summed E-state index contributed by atoms with van der Waals surface area (Å²) in [5.74, 6) is -1.28. The summed E-state index contributed by atoms with van der Waals surface area (Å²) in [6, 6.07) is 0. The molecule has 5 nitrogen and oxygen atoms in total. The first-order chi connectivity index (χ1) is 11.3. The van der Waals surface area contributed by atoms with Gasteiger partial charge in [-0.25, -0.2) is 0 Å². The largest absolute Gasteiger partial charge is 0.451 e. The second-order valence-corrected chi connectivity index (χ2v) is 7.08. The number of nitrogens with one attached hydrogen (secondary N) is 1. The maximum atomic E-state index is 12.7. The van der Waals surface area contributed by atoms with Gasteiger partial charge in [0.05, 0.1) is 5.25 Å². The van der Waals surface area contributed by atoms with Gasteiger partial charge < -0.3 is 9.88 Å². The Labute approximate surface area is 143 Å². The van der Waals surface area contributed by atoms with E-state index in [0.29, 0.717) is 6.54 Å². The highest BCUT2D eigenvalue weighted by atomic mass is 32.2. The number of carbonyl (C=O) groups excluding carboxylic acids is 1. The highest BCUT2D eigenvalue weighted by molar-refractivity contribution is 8.00. The Balaban J connectivity index is 1.83. The van der Waals surface area contributed by atoms with E-state index >= 15 is 0 Å². The van der Waals surface area contributed by atoms with Crippen LogP contribution in [0.4, 0.5) is 13.2 Å². The normalized spacial score (nSPS) is 16.6. The number of nitrogens with zero attached hydrogens (tertiary/aromatic N) is 3. The Hall–Kier alpha value is -1.51. The van der Waals surface area contributed by atoms with Crippen LogP contribution in [-0.4, -0.2) is 32.5 Å². The summed E-state index contributed by atoms with van der Waals surface area (Å²) in [6.07, 6.45) is 3.10. The van der Waals surface area contributed by atoms with Crippen molar-refractivity contribution in [1.82, 2.24) is 20.1 Å². The van der Waals surface area contributed by atoms with E-state index in [1.165, 1.54) is 25.5 Å². The number of hydrogen-bond donors (Lipinski definition) is 1. The maximum Gasteiger partial charge on any atom is 0.451 e. The van der Waals surface area contributed by atoms with E-state index in [0.717, 1.165) is 35.6 Å². The molecule has 1 unspecified atom stereocenters. The molecule has 0 aromatic carbocycles. The number of alkyl halides is 3. The van der Waals surface area contributed by atoms with Crippen LogP contribution in [-0.2, 0) is 18.0 Å². The summed E-state index contributed by atoms with van der Waals surface area (Å²) in [7, 11) is 1.24. The van der Waals surface area contributed by atoms with E-state index in [9.17, 15) is 18.0 Å². The standard InChI is InChI=1S/C15H21F3N4OS/c1-10(12(23)19-9-8-11-6-4-3-5-7-11)24-14-21-20-13(22(14)2)15(16,17)18/h6,10H,3-5,7-9H2,1-2H3,(H,19,23). The number of aromatic nitrogens is 3. The van der Waals surface area contributed by atoms with Gasteiger partial charge in [0.1, 0.15) is 0 Å². The van der Waals surface area contributed by atoms with Crippen LogP contribution < -0.4 is 5.32 Å². The van der Waals surface area contributed by atoms with E-state index in [2.05, 4.69) is 21.6 Å². The molecule has 0 aliphatic heterocycles. The van der Waals surface area contributed by atoms with E-state index in [1.807, 2.05) is 0 Å². The number of allylic oxidation sites excluding steroid dienone is 1. The summed E-state index contributed by atoms with van der Waals surface area (Å²) in [4.78, 5) is 12.1. The molecule has 1 amide bonds. The van der Waals surface area contributed by atoms with Crippen LogP contribution in [0.1, 0.15) is 44.9 Å². The summed E-state index contributed by atoms with van der Waals surface area (Å²) in [5.41, 5.74) is 1.37. The fourth-order valence-electron chi connectivity index (χ4n) is 2.50. The Kier molecular flexibility index (Phi) is 6.31. The molecule has 1 aromatic heterocycles. The molecule has 0 spiro atoms. The highest BCUT2D eigenvalue weighted by Crippen LogP contribution is 2.30. The Morgan fingerprint density at radius 1 is 1.42 bits per heavy atom. The molecule has 1 aliphatic rings. The third-order valence-corrected chi connectivity index (χ3v) is 5.00. The van der Waals surface area contributed by atoms with Crippen molar-refractivity contribution >= 4 is 17.7 Å². The predicted octanol–water partition coefficient (Wildman–Crippen LogP) is 3.32. The van der Waals surface area contributed by atoms with Crippen LogP contribution in [0.15, 0.2) is 16.8 Å². The number of hydrogen-bond acceptors (Lipinski definition) is 4. The first-order valence-electron chi connectivity index (χ1n) is 7.88. The van der Waals surface area contributed by atoms with E-state index in [4.69, 9.17) is 0 Å². The Morgan fingerprint density at radius 2 is 2.17 bits per heavy atom. The average molecular weight is 362 g/mol. The summed E-state index contributed by atoms with van der Waals surface area (Å²) >= 11 is 0.964. The molecule has 1 N–H and O–H groups in total. The lowest BCUT2D eigenvalue weighted by atomic mass is 9.97. The highest BCUT2D eigenvalue weighted by Gasteiger charge is 2.37. The smallest absolute Gasteiger partial charge is 0.355 e.